The zero-order valence-electron chi connectivity index (χ0n) is 10.4. The highest BCUT2D eigenvalue weighted by Gasteiger charge is 2.32. The van der Waals surface area contributed by atoms with Gasteiger partial charge >= 0.3 is 12.1 Å². The van der Waals surface area contributed by atoms with Crippen LogP contribution in [0.15, 0.2) is 5.38 Å². The van der Waals surface area contributed by atoms with Crippen LogP contribution in [0.5, 0.6) is 0 Å². The van der Waals surface area contributed by atoms with E-state index in [1.807, 2.05) is 0 Å². The second-order valence-electron chi connectivity index (χ2n) is 4.00. The zero-order valence-corrected chi connectivity index (χ0v) is 11.2. The van der Waals surface area contributed by atoms with E-state index in [0.717, 1.165) is 11.3 Å². The molecule has 0 aliphatic heterocycles. The third-order valence-corrected chi connectivity index (χ3v) is 2.87. The summed E-state index contributed by atoms with van der Waals surface area (Å²) in [7, 11) is 0. The van der Waals surface area contributed by atoms with E-state index in [2.05, 4.69) is 10.3 Å². The third kappa shape index (κ3) is 6.48. The van der Waals surface area contributed by atoms with Gasteiger partial charge < -0.3 is 10.4 Å². The molecule has 2 N–H and O–H groups in total. The molecular formula is C10H12F3N3O3S. The van der Waals surface area contributed by atoms with E-state index in [0.29, 0.717) is 10.6 Å². The van der Waals surface area contributed by atoms with Gasteiger partial charge in [0, 0.05) is 5.38 Å². The third-order valence-electron chi connectivity index (χ3n) is 1.99. The average molecular weight is 311 g/mol. The molecule has 112 valence electrons. The molecule has 0 unspecified atom stereocenters. The highest BCUT2D eigenvalue weighted by molar-refractivity contribution is 7.13. The van der Waals surface area contributed by atoms with Gasteiger partial charge in [0.1, 0.15) is 0 Å². The van der Waals surface area contributed by atoms with E-state index in [1.54, 1.807) is 12.3 Å². The Hall–Kier alpha value is -1.68. The van der Waals surface area contributed by atoms with Crippen molar-refractivity contribution in [3.8, 4) is 0 Å². The molecule has 0 saturated carbocycles. The molecule has 0 atom stereocenters. The lowest BCUT2D eigenvalue weighted by atomic mass is 10.4. The normalized spacial score (nSPS) is 11.7. The molecule has 1 rings (SSSR count). The number of rotatable bonds is 6. The Bertz CT molecular complexity index is 490. The molecule has 0 aromatic carbocycles. The first kappa shape index (κ1) is 16.4. The number of alkyl halides is 3. The van der Waals surface area contributed by atoms with E-state index < -0.39 is 37.7 Å². The topological polar surface area (TPSA) is 82.5 Å². The number of aliphatic carboxylic acids is 1. The number of hydrogen-bond donors (Lipinski definition) is 2. The van der Waals surface area contributed by atoms with Gasteiger partial charge in [-0.2, -0.15) is 13.2 Å². The van der Waals surface area contributed by atoms with Crippen LogP contribution in [-0.4, -0.2) is 52.7 Å². The first-order valence-corrected chi connectivity index (χ1v) is 6.26. The molecule has 0 aliphatic rings. The molecule has 0 radical (unpaired) electrons. The Labute approximate surface area is 116 Å². The second kappa shape index (κ2) is 6.66. The second-order valence-corrected chi connectivity index (χ2v) is 4.85. The van der Waals surface area contributed by atoms with Crippen LogP contribution < -0.4 is 5.32 Å². The SMILES string of the molecule is Cc1csc(NC(=O)CN(CC(=O)O)CC(F)(F)F)n1. The quantitative estimate of drug-likeness (QED) is 0.828. The Morgan fingerprint density at radius 1 is 1.45 bits per heavy atom. The Kier molecular flexibility index (Phi) is 5.45. The molecule has 0 spiro atoms. The highest BCUT2D eigenvalue weighted by Crippen LogP contribution is 2.17. The largest absolute Gasteiger partial charge is 0.480 e. The van der Waals surface area contributed by atoms with Crippen molar-refractivity contribution in [3.63, 3.8) is 0 Å². The fourth-order valence-corrected chi connectivity index (χ4v) is 2.09. The van der Waals surface area contributed by atoms with Crippen LogP contribution in [0.4, 0.5) is 18.3 Å². The minimum Gasteiger partial charge on any atom is -0.480 e. The standard InChI is InChI=1S/C10H12F3N3O3S/c1-6-4-20-9(14-6)15-7(17)2-16(3-8(18)19)5-10(11,12)13/h4H,2-3,5H2,1H3,(H,18,19)(H,14,15,17). The van der Waals surface area contributed by atoms with Gasteiger partial charge in [-0.15, -0.1) is 11.3 Å². The number of halogens is 3. The number of hydrogen-bond acceptors (Lipinski definition) is 5. The summed E-state index contributed by atoms with van der Waals surface area (Å²) in [4.78, 5) is 26.5. The van der Waals surface area contributed by atoms with Crippen molar-refractivity contribution in [2.75, 3.05) is 25.0 Å². The van der Waals surface area contributed by atoms with Crippen molar-refractivity contribution in [2.45, 2.75) is 13.1 Å². The number of anilines is 1. The molecular weight excluding hydrogens is 299 g/mol. The van der Waals surface area contributed by atoms with Crippen molar-refractivity contribution in [3.05, 3.63) is 11.1 Å². The lowest BCUT2D eigenvalue weighted by molar-refractivity contribution is -0.154. The maximum Gasteiger partial charge on any atom is 0.401 e. The molecule has 6 nitrogen and oxygen atoms in total. The van der Waals surface area contributed by atoms with Gasteiger partial charge in [0.25, 0.3) is 0 Å². The first-order valence-electron chi connectivity index (χ1n) is 5.38. The van der Waals surface area contributed by atoms with Crippen LogP contribution in [0.2, 0.25) is 0 Å². The van der Waals surface area contributed by atoms with Crippen LogP contribution in [0.25, 0.3) is 0 Å². The summed E-state index contributed by atoms with van der Waals surface area (Å²) >= 11 is 1.13. The number of nitrogens with one attached hydrogen (secondary N) is 1. The van der Waals surface area contributed by atoms with Crippen LogP contribution >= 0.6 is 11.3 Å². The summed E-state index contributed by atoms with van der Waals surface area (Å²) in [5, 5.41) is 12.8. The fourth-order valence-electron chi connectivity index (χ4n) is 1.39. The molecule has 0 fully saturated rings. The summed E-state index contributed by atoms with van der Waals surface area (Å²) in [5.41, 5.74) is 0.669. The molecule has 1 aromatic heterocycles. The number of nitrogens with zero attached hydrogens (tertiary/aromatic N) is 2. The van der Waals surface area contributed by atoms with Gasteiger partial charge in [0.05, 0.1) is 25.3 Å². The number of amides is 1. The van der Waals surface area contributed by atoms with Crippen LogP contribution in [-0.2, 0) is 9.59 Å². The van der Waals surface area contributed by atoms with Crippen molar-refractivity contribution < 1.29 is 27.9 Å². The first-order chi connectivity index (χ1) is 9.15. The van der Waals surface area contributed by atoms with Crippen LogP contribution in [0.3, 0.4) is 0 Å². The van der Waals surface area contributed by atoms with Crippen LogP contribution in [0, 0.1) is 6.92 Å². The number of aryl methyl sites for hydroxylation is 1. The maximum absolute atomic E-state index is 12.3. The number of carbonyl (C=O) groups excluding carboxylic acids is 1. The van der Waals surface area contributed by atoms with E-state index in [1.165, 1.54) is 0 Å². The number of thiazole rings is 1. The molecule has 0 bridgehead atoms. The van der Waals surface area contributed by atoms with Crippen molar-refractivity contribution >= 4 is 28.3 Å². The van der Waals surface area contributed by atoms with Gasteiger partial charge in [0.2, 0.25) is 5.91 Å². The Morgan fingerprint density at radius 3 is 2.55 bits per heavy atom. The van der Waals surface area contributed by atoms with Crippen molar-refractivity contribution in [2.24, 2.45) is 0 Å². The van der Waals surface area contributed by atoms with E-state index in [9.17, 15) is 22.8 Å². The molecule has 1 aromatic rings. The summed E-state index contributed by atoms with van der Waals surface area (Å²) < 4.78 is 36.8. The zero-order chi connectivity index (χ0) is 15.3. The lowest BCUT2D eigenvalue weighted by Gasteiger charge is -2.20. The minimum atomic E-state index is -4.58. The van der Waals surface area contributed by atoms with E-state index in [4.69, 9.17) is 5.11 Å². The van der Waals surface area contributed by atoms with Crippen LogP contribution in [0.1, 0.15) is 5.69 Å². The van der Waals surface area contributed by atoms with Crippen molar-refractivity contribution in [1.29, 1.82) is 0 Å². The maximum atomic E-state index is 12.3. The number of carboxylic acids is 1. The highest BCUT2D eigenvalue weighted by atomic mass is 32.1. The number of aromatic nitrogens is 1. The van der Waals surface area contributed by atoms with Gasteiger partial charge in [-0.1, -0.05) is 0 Å². The van der Waals surface area contributed by atoms with E-state index in [-0.39, 0.29) is 5.13 Å². The molecule has 1 heterocycles. The summed E-state index contributed by atoms with van der Waals surface area (Å²) in [6, 6.07) is 0. The molecule has 20 heavy (non-hydrogen) atoms. The molecule has 10 heteroatoms. The van der Waals surface area contributed by atoms with Gasteiger partial charge in [0.15, 0.2) is 5.13 Å². The Balaban J connectivity index is 2.59. The van der Waals surface area contributed by atoms with E-state index >= 15 is 0 Å². The predicted molar refractivity (Wildman–Crippen MR) is 65.6 cm³/mol. The summed E-state index contributed by atoms with van der Waals surface area (Å²) in [6.45, 7) is -1.32. The monoisotopic (exact) mass is 311 g/mol. The molecule has 0 aliphatic carbocycles. The number of carbonyl (C=O) groups is 2. The predicted octanol–water partition coefficient (Wildman–Crippen LogP) is 1.34. The summed E-state index contributed by atoms with van der Waals surface area (Å²) in [6.07, 6.45) is -4.58. The fraction of sp³-hybridized carbons (Fsp3) is 0.500. The molecule has 0 saturated heterocycles. The van der Waals surface area contributed by atoms with Crippen molar-refractivity contribution in [1.82, 2.24) is 9.88 Å². The summed E-state index contributed by atoms with van der Waals surface area (Å²) in [5.74, 6) is -2.18. The lowest BCUT2D eigenvalue weighted by Crippen LogP contribution is -2.42. The number of carboxylic acid groups (broad SMARTS) is 1. The smallest absolute Gasteiger partial charge is 0.401 e. The van der Waals surface area contributed by atoms with Gasteiger partial charge in [-0.25, -0.2) is 4.98 Å². The average Bonchev–Trinajstić information content (AvgIpc) is 2.59. The minimum absolute atomic E-state index is 0.259. The van der Waals surface area contributed by atoms with Gasteiger partial charge in [-0.05, 0) is 6.92 Å². The van der Waals surface area contributed by atoms with Gasteiger partial charge in [-0.3, -0.25) is 14.5 Å². The molecule has 1 amide bonds. The Morgan fingerprint density at radius 2 is 2.10 bits per heavy atom.